The standard InChI is InChI=1S/C15H18N4O/c1-18(2)4-5-19-15-8-13(11-3-6-20-10-11)14(16)7-12(15)9-17-19/h3,6-10H,4-5,16H2,1-2H3. The first kappa shape index (κ1) is 12.7. The zero-order valence-corrected chi connectivity index (χ0v) is 11.7. The smallest absolute Gasteiger partial charge is 0.0981 e. The molecule has 0 spiro atoms. The molecule has 0 radical (unpaired) electrons. The van der Waals surface area contributed by atoms with Gasteiger partial charge in [-0.2, -0.15) is 5.10 Å². The Labute approximate surface area is 117 Å². The van der Waals surface area contributed by atoms with Crippen molar-refractivity contribution in [3.05, 3.63) is 36.9 Å². The molecule has 0 saturated heterocycles. The fourth-order valence-electron chi connectivity index (χ4n) is 2.28. The third kappa shape index (κ3) is 2.28. The lowest BCUT2D eigenvalue weighted by Gasteiger charge is -2.11. The molecule has 0 saturated carbocycles. The Hall–Kier alpha value is -2.27. The van der Waals surface area contributed by atoms with Gasteiger partial charge in [0.2, 0.25) is 0 Å². The summed E-state index contributed by atoms with van der Waals surface area (Å²) >= 11 is 0. The Morgan fingerprint density at radius 3 is 2.90 bits per heavy atom. The summed E-state index contributed by atoms with van der Waals surface area (Å²) < 4.78 is 7.15. The summed E-state index contributed by atoms with van der Waals surface area (Å²) in [5.41, 5.74) is 9.93. The molecular weight excluding hydrogens is 252 g/mol. The monoisotopic (exact) mass is 270 g/mol. The van der Waals surface area contributed by atoms with Crippen LogP contribution >= 0.6 is 0 Å². The Balaban J connectivity index is 2.05. The van der Waals surface area contributed by atoms with E-state index in [1.54, 1.807) is 12.5 Å². The first-order valence-corrected chi connectivity index (χ1v) is 6.57. The minimum atomic E-state index is 0.742. The average Bonchev–Trinajstić information content (AvgIpc) is 3.04. The number of nitrogen functional groups attached to an aromatic ring is 1. The molecule has 2 aromatic heterocycles. The van der Waals surface area contributed by atoms with E-state index in [1.165, 1.54) is 0 Å². The molecule has 0 fully saturated rings. The lowest BCUT2D eigenvalue weighted by Crippen LogP contribution is -2.18. The highest BCUT2D eigenvalue weighted by Gasteiger charge is 2.10. The first-order chi connectivity index (χ1) is 9.65. The number of hydrogen-bond acceptors (Lipinski definition) is 4. The highest BCUT2D eigenvalue weighted by molar-refractivity contribution is 5.91. The van der Waals surface area contributed by atoms with Crippen molar-refractivity contribution in [1.82, 2.24) is 14.7 Å². The van der Waals surface area contributed by atoms with Gasteiger partial charge in [0.25, 0.3) is 0 Å². The van der Waals surface area contributed by atoms with Gasteiger partial charge in [-0.05, 0) is 32.3 Å². The van der Waals surface area contributed by atoms with Gasteiger partial charge in [0.05, 0.1) is 30.8 Å². The number of rotatable bonds is 4. The van der Waals surface area contributed by atoms with Gasteiger partial charge >= 0.3 is 0 Å². The molecule has 0 amide bonds. The summed E-state index contributed by atoms with van der Waals surface area (Å²) in [5, 5.41) is 5.51. The van der Waals surface area contributed by atoms with Gasteiger partial charge in [-0.3, -0.25) is 4.68 Å². The number of anilines is 1. The molecule has 5 heteroatoms. The zero-order chi connectivity index (χ0) is 14.1. The number of fused-ring (bicyclic) bond motifs is 1. The van der Waals surface area contributed by atoms with E-state index in [2.05, 4.69) is 30.2 Å². The molecule has 0 unspecified atom stereocenters. The van der Waals surface area contributed by atoms with Crippen LogP contribution in [0, 0.1) is 0 Å². The predicted molar refractivity (Wildman–Crippen MR) is 80.4 cm³/mol. The molecule has 1 aromatic carbocycles. The van der Waals surface area contributed by atoms with E-state index in [9.17, 15) is 0 Å². The van der Waals surface area contributed by atoms with E-state index in [4.69, 9.17) is 10.2 Å². The lowest BCUT2D eigenvalue weighted by molar-refractivity contribution is 0.377. The number of aromatic nitrogens is 2. The van der Waals surface area contributed by atoms with E-state index in [-0.39, 0.29) is 0 Å². The highest BCUT2D eigenvalue weighted by atomic mass is 16.3. The molecule has 5 nitrogen and oxygen atoms in total. The second-order valence-electron chi connectivity index (χ2n) is 5.18. The fourth-order valence-corrected chi connectivity index (χ4v) is 2.28. The molecule has 0 aliphatic heterocycles. The van der Waals surface area contributed by atoms with Crippen molar-refractivity contribution in [3.63, 3.8) is 0 Å². The van der Waals surface area contributed by atoms with E-state index >= 15 is 0 Å². The maximum absolute atomic E-state index is 6.12. The summed E-state index contributed by atoms with van der Waals surface area (Å²) in [6.45, 7) is 1.80. The third-order valence-electron chi connectivity index (χ3n) is 3.40. The number of nitrogens with two attached hydrogens (primary N) is 1. The Morgan fingerprint density at radius 2 is 2.20 bits per heavy atom. The van der Waals surface area contributed by atoms with Crippen molar-refractivity contribution in [3.8, 4) is 11.1 Å². The predicted octanol–water partition coefficient (Wildman–Crippen LogP) is 2.44. The largest absolute Gasteiger partial charge is 0.472 e. The van der Waals surface area contributed by atoms with Crippen molar-refractivity contribution >= 4 is 16.6 Å². The van der Waals surface area contributed by atoms with Crippen LogP contribution in [0.15, 0.2) is 41.3 Å². The average molecular weight is 270 g/mol. The van der Waals surface area contributed by atoms with Crippen molar-refractivity contribution in [2.45, 2.75) is 6.54 Å². The quantitative estimate of drug-likeness (QED) is 0.740. The Bertz CT molecular complexity index is 713. The van der Waals surface area contributed by atoms with Crippen LogP contribution in [0.3, 0.4) is 0 Å². The van der Waals surface area contributed by atoms with Crippen molar-refractivity contribution < 1.29 is 4.42 Å². The zero-order valence-electron chi connectivity index (χ0n) is 11.7. The van der Waals surface area contributed by atoms with Crippen LogP contribution in [0.1, 0.15) is 0 Å². The van der Waals surface area contributed by atoms with Crippen LogP contribution < -0.4 is 5.73 Å². The molecule has 2 heterocycles. The van der Waals surface area contributed by atoms with E-state index < -0.39 is 0 Å². The van der Waals surface area contributed by atoms with Crippen LogP contribution in [0.5, 0.6) is 0 Å². The maximum atomic E-state index is 6.12. The van der Waals surface area contributed by atoms with Crippen molar-refractivity contribution in [2.24, 2.45) is 0 Å². The van der Waals surface area contributed by atoms with Crippen LogP contribution in [0.25, 0.3) is 22.0 Å². The topological polar surface area (TPSA) is 60.2 Å². The van der Waals surface area contributed by atoms with Crippen LogP contribution in [-0.4, -0.2) is 35.3 Å². The van der Waals surface area contributed by atoms with Gasteiger partial charge in [0.1, 0.15) is 0 Å². The van der Waals surface area contributed by atoms with Crippen molar-refractivity contribution in [1.29, 1.82) is 0 Å². The summed E-state index contributed by atoms with van der Waals surface area (Å²) in [6, 6.07) is 5.97. The van der Waals surface area contributed by atoms with E-state index in [1.807, 2.05) is 23.0 Å². The van der Waals surface area contributed by atoms with Crippen molar-refractivity contribution in [2.75, 3.05) is 26.4 Å². The number of likely N-dealkylation sites (N-methyl/N-ethyl adjacent to an activating group) is 1. The molecule has 20 heavy (non-hydrogen) atoms. The first-order valence-electron chi connectivity index (χ1n) is 6.57. The second kappa shape index (κ2) is 5.02. The maximum Gasteiger partial charge on any atom is 0.0981 e. The molecule has 3 aromatic rings. The van der Waals surface area contributed by atoms with Gasteiger partial charge in [-0.15, -0.1) is 0 Å². The molecule has 104 valence electrons. The van der Waals surface area contributed by atoms with Gasteiger partial charge in [-0.1, -0.05) is 0 Å². The Morgan fingerprint density at radius 1 is 1.35 bits per heavy atom. The summed E-state index contributed by atoms with van der Waals surface area (Å²) in [5.74, 6) is 0. The molecule has 0 atom stereocenters. The molecular formula is C15H18N4O. The number of benzene rings is 1. The van der Waals surface area contributed by atoms with E-state index in [0.717, 1.165) is 40.8 Å². The normalized spacial score (nSPS) is 11.6. The molecule has 0 aliphatic carbocycles. The van der Waals surface area contributed by atoms with E-state index in [0.29, 0.717) is 0 Å². The Kier molecular flexibility index (Phi) is 3.20. The minimum absolute atomic E-state index is 0.742. The number of hydrogen-bond donors (Lipinski definition) is 1. The third-order valence-corrected chi connectivity index (χ3v) is 3.40. The van der Waals surface area contributed by atoms with Crippen LogP contribution in [0.2, 0.25) is 0 Å². The summed E-state index contributed by atoms with van der Waals surface area (Å²) in [7, 11) is 4.11. The van der Waals surface area contributed by atoms with Gasteiger partial charge in [0, 0.05) is 28.7 Å². The fraction of sp³-hybridized carbons (Fsp3) is 0.267. The lowest BCUT2D eigenvalue weighted by atomic mass is 10.1. The highest BCUT2D eigenvalue weighted by Crippen LogP contribution is 2.30. The SMILES string of the molecule is CN(C)CCn1ncc2cc(N)c(-c3ccoc3)cc21. The molecule has 2 N–H and O–H groups in total. The van der Waals surface area contributed by atoms with Gasteiger partial charge in [-0.25, -0.2) is 0 Å². The van der Waals surface area contributed by atoms with Gasteiger partial charge in [0.15, 0.2) is 0 Å². The number of nitrogens with zero attached hydrogens (tertiary/aromatic N) is 3. The number of furan rings is 1. The van der Waals surface area contributed by atoms with Gasteiger partial charge < -0.3 is 15.1 Å². The minimum Gasteiger partial charge on any atom is -0.472 e. The summed E-state index contributed by atoms with van der Waals surface area (Å²) in [4.78, 5) is 2.14. The second-order valence-corrected chi connectivity index (χ2v) is 5.18. The summed E-state index contributed by atoms with van der Waals surface area (Å²) in [6.07, 6.45) is 5.22. The van der Waals surface area contributed by atoms with Crippen LogP contribution in [-0.2, 0) is 6.54 Å². The molecule has 3 rings (SSSR count). The van der Waals surface area contributed by atoms with Crippen LogP contribution in [0.4, 0.5) is 5.69 Å². The molecule has 0 aliphatic rings. The molecule has 0 bridgehead atoms.